The SMILES string of the molecule is Cc1nn(C)c(C)c1NC(=O)[C@H](C)OC(=O)c1c(C)oc(C)c1C. The average molecular weight is 333 g/mol. The molecule has 0 aromatic carbocycles. The zero-order valence-corrected chi connectivity index (χ0v) is 15.1. The highest BCUT2D eigenvalue weighted by Crippen LogP contribution is 2.23. The Morgan fingerprint density at radius 2 is 1.79 bits per heavy atom. The molecule has 0 bridgehead atoms. The minimum absolute atomic E-state index is 0.376. The second kappa shape index (κ2) is 6.51. The molecule has 1 N–H and O–H groups in total. The lowest BCUT2D eigenvalue weighted by Gasteiger charge is -2.14. The van der Waals surface area contributed by atoms with E-state index in [1.807, 2.05) is 6.92 Å². The topological polar surface area (TPSA) is 86.4 Å². The lowest BCUT2D eigenvalue weighted by molar-refractivity contribution is -0.123. The Bertz CT molecular complexity index is 801. The monoisotopic (exact) mass is 333 g/mol. The van der Waals surface area contributed by atoms with Crippen LogP contribution in [-0.2, 0) is 16.6 Å². The Morgan fingerprint density at radius 1 is 1.17 bits per heavy atom. The fourth-order valence-corrected chi connectivity index (χ4v) is 2.55. The van der Waals surface area contributed by atoms with E-state index < -0.39 is 18.0 Å². The third-order valence-corrected chi connectivity index (χ3v) is 4.18. The van der Waals surface area contributed by atoms with E-state index in [2.05, 4.69) is 10.4 Å². The van der Waals surface area contributed by atoms with Crippen molar-refractivity contribution < 1.29 is 18.7 Å². The molecule has 2 rings (SSSR count). The van der Waals surface area contributed by atoms with Crippen molar-refractivity contribution in [3.8, 4) is 0 Å². The van der Waals surface area contributed by atoms with E-state index in [4.69, 9.17) is 9.15 Å². The third kappa shape index (κ3) is 3.20. The molecule has 0 radical (unpaired) electrons. The number of esters is 1. The van der Waals surface area contributed by atoms with E-state index in [0.29, 0.717) is 28.5 Å². The van der Waals surface area contributed by atoms with E-state index in [1.54, 1.807) is 39.4 Å². The van der Waals surface area contributed by atoms with Crippen molar-refractivity contribution in [1.29, 1.82) is 0 Å². The van der Waals surface area contributed by atoms with Crippen LogP contribution in [0.25, 0.3) is 0 Å². The highest BCUT2D eigenvalue weighted by Gasteiger charge is 2.25. The summed E-state index contributed by atoms with van der Waals surface area (Å²) in [6.07, 6.45) is -0.939. The van der Waals surface area contributed by atoms with Crippen molar-refractivity contribution in [1.82, 2.24) is 9.78 Å². The maximum Gasteiger partial charge on any atom is 0.342 e. The zero-order chi connectivity index (χ0) is 18.2. The van der Waals surface area contributed by atoms with Crippen LogP contribution in [0.15, 0.2) is 4.42 Å². The fraction of sp³-hybridized carbons (Fsp3) is 0.471. The van der Waals surface area contributed by atoms with Crippen LogP contribution in [0.5, 0.6) is 0 Å². The predicted octanol–water partition coefficient (Wildman–Crippen LogP) is 2.74. The molecule has 0 aliphatic heterocycles. The van der Waals surface area contributed by atoms with Gasteiger partial charge in [0.25, 0.3) is 5.91 Å². The number of furan rings is 1. The molecule has 2 aromatic rings. The summed E-state index contributed by atoms with van der Waals surface area (Å²) in [7, 11) is 1.80. The number of hydrogen-bond acceptors (Lipinski definition) is 5. The van der Waals surface area contributed by atoms with Gasteiger partial charge in [-0.05, 0) is 41.5 Å². The molecule has 7 heteroatoms. The Morgan fingerprint density at radius 3 is 2.25 bits per heavy atom. The van der Waals surface area contributed by atoms with Gasteiger partial charge in [-0.3, -0.25) is 9.48 Å². The van der Waals surface area contributed by atoms with Crippen LogP contribution in [0, 0.1) is 34.6 Å². The number of hydrogen-bond donors (Lipinski definition) is 1. The number of aromatic nitrogens is 2. The number of nitrogens with one attached hydrogen (secondary N) is 1. The molecule has 0 aliphatic carbocycles. The maximum atomic E-state index is 12.3. The van der Waals surface area contributed by atoms with Gasteiger partial charge < -0.3 is 14.5 Å². The summed E-state index contributed by atoms with van der Waals surface area (Å²) in [4.78, 5) is 24.6. The van der Waals surface area contributed by atoms with Gasteiger partial charge in [-0.1, -0.05) is 0 Å². The fourth-order valence-electron chi connectivity index (χ4n) is 2.55. The van der Waals surface area contributed by atoms with Gasteiger partial charge in [-0.15, -0.1) is 0 Å². The number of nitrogens with zero attached hydrogens (tertiary/aromatic N) is 2. The first-order valence-electron chi connectivity index (χ1n) is 7.72. The molecule has 0 fully saturated rings. The van der Waals surface area contributed by atoms with Crippen LogP contribution in [-0.4, -0.2) is 27.8 Å². The predicted molar refractivity (Wildman–Crippen MR) is 89.1 cm³/mol. The second-order valence-electron chi connectivity index (χ2n) is 5.92. The molecule has 1 atom stereocenters. The van der Waals surface area contributed by atoms with Gasteiger partial charge in [0.15, 0.2) is 6.10 Å². The number of aryl methyl sites for hydroxylation is 4. The zero-order valence-electron chi connectivity index (χ0n) is 15.1. The molecule has 1 amide bonds. The minimum Gasteiger partial charge on any atom is -0.465 e. The minimum atomic E-state index is -0.939. The van der Waals surface area contributed by atoms with Gasteiger partial charge in [0.1, 0.15) is 17.1 Å². The Kier molecular flexibility index (Phi) is 4.82. The molecule has 0 spiro atoms. The lowest BCUT2D eigenvalue weighted by atomic mass is 10.1. The molecule has 2 aromatic heterocycles. The first kappa shape index (κ1) is 17.8. The summed E-state index contributed by atoms with van der Waals surface area (Å²) in [6.45, 7) is 10.5. The molecule has 0 saturated heterocycles. The number of amides is 1. The van der Waals surface area contributed by atoms with Gasteiger partial charge in [0.2, 0.25) is 0 Å². The van der Waals surface area contributed by atoms with Crippen LogP contribution >= 0.6 is 0 Å². The summed E-state index contributed by atoms with van der Waals surface area (Å²) >= 11 is 0. The molecule has 130 valence electrons. The van der Waals surface area contributed by atoms with Gasteiger partial charge in [-0.2, -0.15) is 5.10 Å². The summed E-state index contributed by atoms with van der Waals surface area (Å²) in [5, 5.41) is 7.01. The van der Waals surface area contributed by atoms with Gasteiger partial charge in [0, 0.05) is 12.6 Å². The maximum absolute atomic E-state index is 12.3. The van der Waals surface area contributed by atoms with E-state index in [1.165, 1.54) is 6.92 Å². The molecular formula is C17H23N3O4. The summed E-state index contributed by atoms with van der Waals surface area (Å²) in [6, 6.07) is 0. The highest BCUT2D eigenvalue weighted by atomic mass is 16.5. The molecular weight excluding hydrogens is 310 g/mol. The normalized spacial score (nSPS) is 12.1. The number of ether oxygens (including phenoxy) is 1. The molecule has 0 saturated carbocycles. The average Bonchev–Trinajstić information content (AvgIpc) is 2.88. The molecule has 2 heterocycles. The molecule has 7 nitrogen and oxygen atoms in total. The standard InChI is InChI=1S/C17H23N3O4/c1-8-11(4)23-12(5)14(8)17(22)24-13(6)16(21)18-15-9(2)19-20(7)10(15)3/h13H,1-7H3,(H,18,21)/t13-/m0/s1. The van der Waals surface area contributed by atoms with Crippen LogP contribution in [0.3, 0.4) is 0 Å². The number of anilines is 1. The Hall–Kier alpha value is -2.57. The van der Waals surface area contributed by atoms with Gasteiger partial charge in [0.05, 0.1) is 17.1 Å². The molecule has 0 aliphatic rings. The van der Waals surface area contributed by atoms with Crippen LogP contribution in [0.1, 0.15) is 45.8 Å². The van der Waals surface area contributed by atoms with Crippen molar-refractivity contribution in [3.05, 3.63) is 34.0 Å². The van der Waals surface area contributed by atoms with E-state index in [-0.39, 0.29) is 0 Å². The summed E-state index contributed by atoms with van der Waals surface area (Å²) < 4.78 is 12.4. The Labute approximate surface area is 141 Å². The first-order valence-corrected chi connectivity index (χ1v) is 7.72. The molecule has 24 heavy (non-hydrogen) atoms. The third-order valence-electron chi connectivity index (χ3n) is 4.18. The lowest BCUT2D eigenvalue weighted by Crippen LogP contribution is -2.30. The van der Waals surface area contributed by atoms with E-state index in [9.17, 15) is 9.59 Å². The smallest absolute Gasteiger partial charge is 0.342 e. The number of carbonyl (C=O) groups excluding carboxylic acids is 2. The quantitative estimate of drug-likeness (QED) is 0.869. The first-order chi connectivity index (χ1) is 11.1. The van der Waals surface area contributed by atoms with Crippen LogP contribution in [0.4, 0.5) is 5.69 Å². The number of rotatable bonds is 4. The molecule has 0 unspecified atom stereocenters. The summed E-state index contributed by atoms with van der Waals surface area (Å²) in [5.41, 5.74) is 3.28. The van der Waals surface area contributed by atoms with Crippen molar-refractivity contribution >= 4 is 17.6 Å². The van der Waals surface area contributed by atoms with Gasteiger partial charge >= 0.3 is 5.97 Å². The largest absolute Gasteiger partial charge is 0.465 e. The second-order valence-corrected chi connectivity index (χ2v) is 5.92. The van der Waals surface area contributed by atoms with Crippen LogP contribution < -0.4 is 5.32 Å². The Balaban J connectivity index is 2.10. The van der Waals surface area contributed by atoms with E-state index in [0.717, 1.165) is 11.3 Å². The highest BCUT2D eigenvalue weighted by molar-refractivity contribution is 5.98. The van der Waals surface area contributed by atoms with Gasteiger partial charge in [-0.25, -0.2) is 4.79 Å². The van der Waals surface area contributed by atoms with Crippen molar-refractivity contribution in [2.45, 2.75) is 47.6 Å². The van der Waals surface area contributed by atoms with Crippen LogP contribution in [0.2, 0.25) is 0 Å². The number of carbonyl (C=O) groups is 2. The van der Waals surface area contributed by atoms with Crippen molar-refractivity contribution in [2.24, 2.45) is 7.05 Å². The van der Waals surface area contributed by atoms with Crippen molar-refractivity contribution in [2.75, 3.05) is 5.32 Å². The summed E-state index contributed by atoms with van der Waals surface area (Å²) in [5.74, 6) is 0.182. The van der Waals surface area contributed by atoms with E-state index >= 15 is 0 Å². The van der Waals surface area contributed by atoms with Crippen molar-refractivity contribution in [3.63, 3.8) is 0 Å².